The van der Waals surface area contributed by atoms with E-state index in [9.17, 15) is 14.4 Å². The van der Waals surface area contributed by atoms with Gasteiger partial charge in [-0.15, -0.1) is 0 Å². The van der Waals surface area contributed by atoms with E-state index in [4.69, 9.17) is 20.0 Å². The maximum atomic E-state index is 13.6. The van der Waals surface area contributed by atoms with E-state index in [1.165, 1.54) is 12.3 Å². The third-order valence-electron chi connectivity index (χ3n) is 5.90. The molecule has 0 amide bonds. The van der Waals surface area contributed by atoms with Crippen LogP contribution in [0.1, 0.15) is 52.2 Å². The average molecular weight is 469 g/mol. The van der Waals surface area contributed by atoms with Crippen LogP contribution in [0, 0.1) is 5.92 Å². The summed E-state index contributed by atoms with van der Waals surface area (Å²) in [4.78, 5) is 39.7. The second-order valence-electron chi connectivity index (χ2n) is 8.72. The van der Waals surface area contributed by atoms with E-state index in [1.807, 2.05) is 26.8 Å². The Morgan fingerprint density at radius 2 is 2.12 bits per heavy atom. The number of carbonyl (C=O) groups excluding carboxylic acids is 2. The Morgan fingerprint density at radius 1 is 1.35 bits per heavy atom. The fourth-order valence-corrected chi connectivity index (χ4v) is 3.86. The third kappa shape index (κ3) is 5.75. The van der Waals surface area contributed by atoms with Crippen molar-refractivity contribution in [2.45, 2.75) is 52.5 Å². The number of aliphatic carboxylic acids is 1. The number of unbranched alkanes of at least 4 members (excludes halogenated alkanes) is 1. The topological polar surface area (TPSA) is 123 Å². The van der Waals surface area contributed by atoms with Crippen LogP contribution < -0.4 is 5.73 Å². The van der Waals surface area contributed by atoms with Crippen molar-refractivity contribution in [1.29, 1.82) is 0 Å². The Morgan fingerprint density at radius 3 is 2.71 bits per heavy atom. The van der Waals surface area contributed by atoms with Crippen LogP contribution in [0.25, 0.3) is 6.08 Å². The van der Waals surface area contributed by atoms with Gasteiger partial charge >= 0.3 is 5.97 Å². The number of furan rings is 1. The molecule has 0 saturated carbocycles. The Bertz CT molecular complexity index is 1060. The van der Waals surface area contributed by atoms with Gasteiger partial charge in [-0.1, -0.05) is 19.4 Å². The molecule has 182 valence electrons. The van der Waals surface area contributed by atoms with Crippen LogP contribution in [0.5, 0.6) is 0 Å². The third-order valence-corrected chi connectivity index (χ3v) is 5.90. The summed E-state index contributed by atoms with van der Waals surface area (Å²) in [6.07, 6.45) is 8.70. The number of Topliss-reactive ketones (excluding diaryl/α,β-unsaturated/α-hetero) is 1. The van der Waals surface area contributed by atoms with Gasteiger partial charge in [-0.3, -0.25) is 14.4 Å². The number of ketones is 2. The molecule has 3 rings (SSSR count). The van der Waals surface area contributed by atoms with Crippen molar-refractivity contribution in [3.05, 3.63) is 64.6 Å². The maximum absolute atomic E-state index is 13.6. The van der Waals surface area contributed by atoms with Crippen molar-refractivity contribution < 1.29 is 28.6 Å². The van der Waals surface area contributed by atoms with Gasteiger partial charge in [0.2, 0.25) is 5.78 Å². The highest BCUT2D eigenvalue weighted by Gasteiger charge is 2.41. The Balaban J connectivity index is 2.02. The molecule has 1 aromatic rings. The predicted molar refractivity (Wildman–Crippen MR) is 127 cm³/mol. The number of hydrogen-bond acceptors (Lipinski definition) is 7. The van der Waals surface area contributed by atoms with Crippen molar-refractivity contribution >= 4 is 23.6 Å². The Hall–Kier alpha value is -3.39. The number of nitrogens with zero attached hydrogens (tertiary/aromatic N) is 1. The number of carboxylic acids is 1. The molecular formula is C26H32N2O6. The first-order valence-electron chi connectivity index (χ1n) is 11.6. The van der Waals surface area contributed by atoms with E-state index in [0.717, 1.165) is 5.57 Å². The Kier molecular flexibility index (Phi) is 8.28. The molecule has 0 fully saturated rings. The molecule has 0 bridgehead atoms. The molecule has 2 aliphatic rings. The summed E-state index contributed by atoms with van der Waals surface area (Å²) in [5.41, 5.74) is 7.36. The van der Waals surface area contributed by atoms with Gasteiger partial charge in [-0.05, 0) is 56.9 Å². The van der Waals surface area contributed by atoms with E-state index in [-0.39, 0.29) is 23.1 Å². The molecule has 2 aliphatic heterocycles. The highest BCUT2D eigenvalue weighted by atomic mass is 16.5. The minimum atomic E-state index is -1.04. The number of rotatable bonds is 11. The first-order chi connectivity index (χ1) is 16.2. The summed E-state index contributed by atoms with van der Waals surface area (Å²) in [6.45, 7) is 6.67. The molecule has 0 aromatic carbocycles. The molecule has 8 nitrogen and oxygen atoms in total. The van der Waals surface area contributed by atoms with Gasteiger partial charge in [0.15, 0.2) is 5.78 Å². The quantitative estimate of drug-likeness (QED) is 0.285. The zero-order valence-corrected chi connectivity index (χ0v) is 19.9. The first-order valence-corrected chi connectivity index (χ1v) is 11.6. The van der Waals surface area contributed by atoms with Crippen LogP contribution in [0.3, 0.4) is 0 Å². The molecule has 0 saturated heterocycles. The molecular weight excluding hydrogens is 436 g/mol. The van der Waals surface area contributed by atoms with Crippen LogP contribution in [-0.4, -0.2) is 46.7 Å². The highest BCUT2D eigenvalue weighted by Crippen LogP contribution is 2.38. The number of hydrogen-bond donors (Lipinski definition) is 2. The van der Waals surface area contributed by atoms with E-state index < -0.39 is 12.0 Å². The van der Waals surface area contributed by atoms with Crippen LogP contribution in [0.2, 0.25) is 0 Å². The maximum Gasteiger partial charge on any atom is 0.320 e. The van der Waals surface area contributed by atoms with Crippen LogP contribution in [0.15, 0.2) is 63.3 Å². The van der Waals surface area contributed by atoms with Crippen LogP contribution >= 0.6 is 0 Å². The molecule has 0 spiro atoms. The number of carbonyl (C=O) groups is 3. The minimum absolute atomic E-state index is 0.0770. The van der Waals surface area contributed by atoms with Gasteiger partial charge in [-0.2, -0.15) is 0 Å². The first kappa shape index (κ1) is 25.2. The second-order valence-corrected chi connectivity index (χ2v) is 8.72. The van der Waals surface area contributed by atoms with Gasteiger partial charge in [0, 0.05) is 18.5 Å². The van der Waals surface area contributed by atoms with Crippen molar-refractivity contribution in [2.24, 2.45) is 11.7 Å². The monoisotopic (exact) mass is 468 g/mol. The molecule has 8 heteroatoms. The number of carboxylic acid groups (broad SMARTS) is 1. The number of ether oxygens (including phenoxy) is 1. The molecule has 2 unspecified atom stereocenters. The van der Waals surface area contributed by atoms with Gasteiger partial charge < -0.3 is 24.9 Å². The van der Waals surface area contributed by atoms with Crippen LogP contribution in [-0.2, 0) is 19.1 Å². The molecule has 34 heavy (non-hydrogen) atoms. The SMILES string of the molecule is CC/C(C)=C\C(=O)C1=C(C2=CC(C)CO2)N(CCCCC(N)C(=O)O)/C(=C\c2ccco2)C1=O. The smallest absolute Gasteiger partial charge is 0.320 e. The fraction of sp³-hybridized carbons (Fsp3) is 0.423. The molecule has 0 aliphatic carbocycles. The normalized spacial score (nSPS) is 20.7. The van der Waals surface area contributed by atoms with Crippen molar-refractivity contribution in [2.75, 3.05) is 13.2 Å². The molecule has 3 heterocycles. The minimum Gasteiger partial charge on any atom is -0.491 e. The van der Waals surface area contributed by atoms with Gasteiger partial charge in [0.25, 0.3) is 0 Å². The lowest BCUT2D eigenvalue weighted by atomic mass is 10.0. The number of allylic oxidation sites excluding steroid dienone is 3. The highest BCUT2D eigenvalue weighted by molar-refractivity contribution is 6.32. The van der Waals surface area contributed by atoms with Crippen LogP contribution in [0.4, 0.5) is 0 Å². The second kappa shape index (κ2) is 11.2. The van der Waals surface area contributed by atoms with Crippen molar-refractivity contribution in [3.63, 3.8) is 0 Å². The van der Waals surface area contributed by atoms with E-state index in [2.05, 4.69) is 0 Å². The van der Waals surface area contributed by atoms with Gasteiger partial charge in [0.05, 0.1) is 29.8 Å². The fourth-order valence-electron chi connectivity index (χ4n) is 3.86. The number of nitrogens with two attached hydrogens (primary N) is 1. The summed E-state index contributed by atoms with van der Waals surface area (Å²) in [5, 5.41) is 9.04. The standard InChI is InChI=1S/C26H32N2O6/c1-4-16(2)12-21(29)23-24(22-13-17(3)15-34-22)28(10-6-5-9-19(27)26(31)32)20(25(23)30)14-18-8-7-11-33-18/h7-8,11-14,17,19H,4-6,9-10,15,27H2,1-3H3,(H,31,32)/b16-12-,20-14-. The summed E-state index contributed by atoms with van der Waals surface area (Å²) in [7, 11) is 0. The van der Waals surface area contributed by atoms with Crippen molar-refractivity contribution in [3.8, 4) is 0 Å². The summed E-state index contributed by atoms with van der Waals surface area (Å²) in [5.74, 6) is -0.636. The summed E-state index contributed by atoms with van der Waals surface area (Å²) < 4.78 is 11.3. The molecule has 1 aromatic heterocycles. The van der Waals surface area contributed by atoms with Gasteiger partial charge in [0.1, 0.15) is 17.6 Å². The van der Waals surface area contributed by atoms with E-state index in [1.54, 1.807) is 23.1 Å². The lowest BCUT2D eigenvalue weighted by molar-refractivity contribution is -0.138. The molecule has 2 atom stereocenters. The zero-order chi connectivity index (χ0) is 24.8. The average Bonchev–Trinajstić information content (AvgIpc) is 3.52. The van der Waals surface area contributed by atoms with Gasteiger partial charge in [-0.25, -0.2) is 0 Å². The summed E-state index contributed by atoms with van der Waals surface area (Å²) in [6, 6.07) is 2.52. The summed E-state index contributed by atoms with van der Waals surface area (Å²) >= 11 is 0. The van der Waals surface area contributed by atoms with E-state index >= 15 is 0 Å². The largest absolute Gasteiger partial charge is 0.491 e. The predicted octanol–water partition coefficient (Wildman–Crippen LogP) is 3.82. The molecule has 0 radical (unpaired) electrons. The Labute approximate surface area is 199 Å². The molecule has 3 N–H and O–H groups in total. The lowest BCUT2D eigenvalue weighted by Crippen LogP contribution is -2.30. The van der Waals surface area contributed by atoms with Crippen molar-refractivity contribution in [1.82, 2.24) is 4.90 Å². The van der Waals surface area contributed by atoms with E-state index in [0.29, 0.717) is 61.7 Å². The lowest BCUT2D eigenvalue weighted by Gasteiger charge is -2.24. The zero-order valence-electron chi connectivity index (χ0n) is 19.9.